The first-order chi connectivity index (χ1) is 13.9. The summed E-state index contributed by atoms with van der Waals surface area (Å²) >= 11 is 9.45. The van der Waals surface area contributed by atoms with Crippen molar-refractivity contribution in [1.82, 2.24) is 5.32 Å². The van der Waals surface area contributed by atoms with Crippen LogP contribution < -0.4 is 5.32 Å². The average Bonchev–Trinajstić information content (AvgIpc) is 2.74. The van der Waals surface area contributed by atoms with E-state index in [0.717, 1.165) is 31.5 Å². The second-order valence-corrected chi connectivity index (χ2v) is 9.04. The van der Waals surface area contributed by atoms with E-state index in [1.807, 2.05) is 49.8 Å². The van der Waals surface area contributed by atoms with Crippen molar-refractivity contribution in [2.24, 2.45) is 0 Å². The molecule has 150 valence electrons. The molecule has 29 heavy (non-hydrogen) atoms. The molecule has 0 bridgehead atoms. The Morgan fingerprint density at radius 1 is 0.931 bits per heavy atom. The third-order valence-corrected chi connectivity index (χ3v) is 6.74. The van der Waals surface area contributed by atoms with Crippen LogP contribution in [0.4, 0.5) is 0 Å². The molecule has 1 N–H and O–H groups in total. The van der Waals surface area contributed by atoms with Gasteiger partial charge in [-0.25, -0.2) is 0 Å². The first kappa shape index (κ1) is 21.8. The van der Waals surface area contributed by atoms with E-state index in [2.05, 4.69) is 42.6 Å². The van der Waals surface area contributed by atoms with Gasteiger partial charge in [0.25, 0.3) is 5.91 Å². The maximum Gasteiger partial charge on any atom is 0.251 e. The Balaban J connectivity index is 1.86. The highest BCUT2D eigenvalue weighted by Gasteiger charge is 2.15. The summed E-state index contributed by atoms with van der Waals surface area (Å²) in [6.45, 7) is 4.06. The molecule has 0 spiro atoms. The van der Waals surface area contributed by atoms with Crippen LogP contribution >= 0.6 is 35.1 Å². The van der Waals surface area contributed by atoms with Gasteiger partial charge in [-0.2, -0.15) is 0 Å². The maximum absolute atomic E-state index is 13.0. The van der Waals surface area contributed by atoms with E-state index in [9.17, 15) is 4.79 Å². The monoisotopic (exact) mass is 441 g/mol. The van der Waals surface area contributed by atoms with E-state index in [0.29, 0.717) is 5.56 Å². The molecule has 1 unspecified atom stereocenters. The van der Waals surface area contributed by atoms with E-state index in [1.54, 1.807) is 23.5 Å². The summed E-state index contributed by atoms with van der Waals surface area (Å²) in [6, 6.07) is 20.2. The number of carbonyl (C=O) groups excluding carboxylic acids is 1. The fraction of sp³-hybridized carbons (Fsp3) is 0.208. The molecular formula is C24H24ClNOS2. The molecule has 0 heterocycles. The second kappa shape index (κ2) is 9.75. The van der Waals surface area contributed by atoms with Crippen molar-refractivity contribution >= 4 is 41.0 Å². The molecule has 0 aliphatic carbocycles. The summed E-state index contributed by atoms with van der Waals surface area (Å²) in [5.41, 5.74) is 5.07. The van der Waals surface area contributed by atoms with Crippen LogP contribution in [0.5, 0.6) is 0 Å². The average molecular weight is 442 g/mol. The number of carbonyl (C=O) groups is 1. The van der Waals surface area contributed by atoms with Crippen molar-refractivity contribution in [2.45, 2.75) is 29.7 Å². The Bertz CT molecular complexity index is 1020. The van der Waals surface area contributed by atoms with Gasteiger partial charge < -0.3 is 5.32 Å². The second-order valence-electron chi connectivity index (χ2n) is 6.91. The van der Waals surface area contributed by atoms with E-state index < -0.39 is 0 Å². The van der Waals surface area contributed by atoms with Crippen LogP contribution in [-0.4, -0.2) is 18.4 Å². The number of benzene rings is 3. The van der Waals surface area contributed by atoms with Crippen molar-refractivity contribution in [2.75, 3.05) is 12.5 Å². The minimum atomic E-state index is -0.119. The molecule has 3 aromatic carbocycles. The summed E-state index contributed by atoms with van der Waals surface area (Å²) in [5.74, 6) is -0.0811. The lowest BCUT2D eigenvalue weighted by Crippen LogP contribution is -2.26. The van der Waals surface area contributed by atoms with E-state index in [4.69, 9.17) is 11.6 Å². The minimum Gasteiger partial charge on any atom is -0.346 e. The number of hydrogen-bond acceptors (Lipinski definition) is 3. The molecular weight excluding hydrogens is 418 g/mol. The van der Waals surface area contributed by atoms with Crippen molar-refractivity contribution in [3.05, 3.63) is 82.4 Å². The van der Waals surface area contributed by atoms with Crippen molar-refractivity contribution in [3.63, 3.8) is 0 Å². The van der Waals surface area contributed by atoms with Gasteiger partial charge in [0.15, 0.2) is 0 Å². The van der Waals surface area contributed by atoms with Crippen LogP contribution in [0.2, 0.25) is 5.02 Å². The van der Waals surface area contributed by atoms with Gasteiger partial charge in [0.05, 0.1) is 11.1 Å². The predicted octanol–water partition coefficient (Wildman–Crippen LogP) is 7.25. The van der Waals surface area contributed by atoms with Crippen molar-refractivity contribution in [3.8, 4) is 11.1 Å². The number of nitrogens with one attached hydrogen (secondary N) is 1. The SMILES string of the molecule is CSc1cc(C(=O)NC(C)c2ccc(Cl)c(SC)c2)cc(-c2ccc(C)cc2)c1. The van der Waals surface area contributed by atoms with E-state index >= 15 is 0 Å². The molecule has 0 aliphatic rings. The molecule has 2 nitrogen and oxygen atoms in total. The van der Waals surface area contributed by atoms with Gasteiger partial charge in [-0.3, -0.25) is 4.79 Å². The predicted molar refractivity (Wildman–Crippen MR) is 128 cm³/mol. The molecule has 1 atom stereocenters. The highest BCUT2D eigenvalue weighted by molar-refractivity contribution is 7.98. The summed E-state index contributed by atoms with van der Waals surface area (Å²) < 4.78 is 0. The first-order valence-corrected chi connectivity index (χ1v) is 12.1. The quantitative estimate of drug-likeness (QED) is 0.408. The van der Waals surface area contributed by atoms with Crippen LogP contribution in [-0.2, 0) is 0 Å². The van der Waals surface area contributed by atoms with Crippen LogP contribution in [0.3, 0.4) is 0 Å². The highest BCUT2D eigenvalue weighted by atomic mass is 35.5. The normalized spacial score (nSPS) is 11.9. The molecule has 0 radical (unpaired) electrons. The van der Waals surface area contributed by atoms with Crippen LogP contribution in [0, 0.1) is 6.92 Å². The smallest absolute Gasteiger partial charge is 0.251 e. The zero-order valence-corrected chi connectivity index (χ0v) is 19.3. The molecule has 1 amide bonds. The van der Waals surface area contributed by atoms with Gasteiger partial charge in [-0.1, -0.05) is 47.5 Å². The number of hydrogen-bond donors (Lipinski definition) is 1. The number of thioether (sulfide) groups is 2. The van der Waals surface area contributed by atoms with Crippen molar-refractivity contribution in [1.29, 1.82) is 0 Å². The Morgan fingerprint density at radius 2 is 1.66 bits per heavy atom. The summed E-state index contributed by atoms with van der Waals surface area (Å²) in [5, 5.41) is 3.85. The molecule has 0 saturated heterocycles. The lowest BCUT2D eigenvalue weighted by Gasteiger charge is -2.17. The lowest BCUT2D eigenvalue weighted by molar-refractivity contribution is 0.0939. The highest BCUT2D eigenvalue weighted by Crippen LogP contribution is 2.30. The van der Waals surface area contributed by atoms with E-state index in [1.165, 1.54) is 5.56 Å². The number of aryl methyl sites for hydroxylation is 1. The Hall–Kier alpha value is -1.88. The number of amides is 1. The summed E-state index contributed by atoms with van der Waals surface area (Å²) in [7, 11) is 0. The molecule has 0 aliphatic heterocycles. The van der Waals surface area contributed by atoms with Crippen LogP contribution in [0.1, 0.15) is 34.5 Å². The largest absolute Gasteiger partial charge is 0.346 e. The lowest BCUT2D eigenvalue weighted by atomic mass is 10.0. The van der Waals surface area contributed by atoms with Gasteiger partial charge in [0, 0.05) is 15.4 Å². The Labute approximate surface area is 186 Å². The third kappa shape index (κ3) is 5.39. The Morgan fingerprint density at radius 3 is 2.31 bits per heavy atom. The minimum absolute atomic E-state index is 0.0811. The summed E-state index contributed by atoms with van der Waals surface area (Å²) in [4.78, 5) is 15.1. The molecule has 0 fully saturated rings. The van der Waals surface area contributed by atoms with E-state index in [-0.39, 0.29) is 11.9 Å². The topological polar surface area (TPSA) is 29.1 Å². The standard InChI is InChI=1S/C24H24ClNOS2/c1-15-5-7-17(8-6-15)19-11-20(13-21(12-19)28-3)24(27)26-16(2)18-9-10-22(25)23(14-18)29-4/h5-14,16H,1-4H3,(H,26,27). The van der Waals surface area contributed by atoms with Gasteiger partial charge in [0.1, 0.15) is 0 Å². The van der Waals surface area contributed by atoms with Gasteiger partial charge in [0.2, 0.25) is 0 Å². The maximum atomic E-state index is 13.0. The van der Waals surface area contributed by atoms with Gasteiger partial charge >= 0.3 is 0 Å². The fourth-order valence-corrected chi connectivity index (χ4v) is 4.43. The number of halogens is 1. The first-order valence-electron chi connectivity index (χ1n) is 9.31. The Kier molecular flexibility index (Phi) is 7.33. The molecule has 3 rings (SSSR count). The zero-order chi connectivity index (χ0) is 21.0. The molecule has 0 saturated carbocycles. The molecule has 3 aromatic rings. The zero-order valence-electron chi connectivity index (χ0n) is 17.0. The summed E-state index contributed by atoms with van der Waals surface area (Å²) in [6.07, 6.45) is 4.02. The van der Waals surface area contributed by atoms with Gasteiger partial charge in [-0.05, 0) is 73.4 Å². The van der Waals surface area contributed by atoms with Crippen LogP contribution in [0.25, 0.3) is 11.1 Å². The third-order valence-electron chi connectivity index (χ3n) is 4.81. The molecule has 0 aromatic heterocycles. The molecule has 5 heteroatoms. The van der Waals surface area contributed by atoms with Gasteiger partial charge in [-0.15, -0.1) is 23.5 Å². The number of rotatable bonds is 6. The van der Waals surface area contributed by atoms with Crippen molar-refractivity contribution < 1.29 is 4.79 Å². The van der Waals surface area contributed by atoms with Crippen LogP contribution in [0.15, 0.2) is 70.5 Å². The fourth-order valence-electron chi connectivity index (χ4n) is 3.07.